The number of aliphatic hydroxyl groups excluding tert-OH is 3. The van der Waals surface area contributed by atoms with Crippen molar-refractivity contribution in [3.8, 4) is 0 Å². The minimum Gasteiger partial charge on any atom is -0.394 e. The number of ketones is 1. The zero-order valence-corrected chi connectivity index (χ0v) is 14.6. The Hall–Kier alpha value is -1.39. The van der Waals surface area contributed by atoms with Gasteiger partial charge in [-0.15, -0.1) is 0 Å². The third kappa shape index (κ3) is 5.82. The van der Waals surface area contributed by atoms with Crippen LogP contribution in [-0.2, 0) is 25.6 Å². The average Bonchev–Trinajstić information content (AvgIpc) is 2.62. The molecule has 1 saturated heterocycles. The molecule has 1 radical (unpaired) electrons. The summed E-state index contributed by atoms with van der Waals surface area (Å²) in [5.74, 6) is -0.275. The zero-order chi connectivity index (χ0) is 19.1. The van der Waals surface area contributed by atoms with E-state index >= 15 is 0 Å². The lowest BCUT2D eigenvalue weighted by molar-refractivity contribution is -0.261. The molecule has 5 N–H and O–H groups in total. The van der Waals surface area contributed by atoms with Gasteiger partial charge in [-0.3, -0.25) is 4.79 Å². The van der Waals surface area contributed by atoms with Crippen molar-refractivity contribution in [1.82, 2.24) is 0 Å². The Kier molecular flexibility index (Phi) is 8.11. The molecule has 145 valence electrons. The molecule has 1 aromatic carbocycles. The molecule has 6 atom stereocenters. The monoisotopic (exact) mass is 368 g/mol. The van der Waals surface area contributed by atoms with Gasteiger partial charge in [0.25, 0.3) is 0 Å². The number of aliphatic hydroxyl groups is 3. The van der Waals surface area contributed by atoms with Crippen LogP contribution in [0, 0.1) is 6.42 Å². The van der Waals surface area contributed by atoms with Crippen molar-refractivity contribution >= 4 is 5.78 Å². The van der Waals surface area contributed by atoms with Gasteiger partial charge in [0.05, 0.1) is 31.8 Å². The number of benzene rings is 1. The summed E-state index contributed by atoms with van der Waals surface area (Å²) in [7, 11) is 0. The number of nitrogens with two attached hydrogens (primary N) is 1. The fourth-order valence-corrected chi connectivity index (χ4v) is 2.71. The van der Waals surface area contributed by atoms with Gasteiger partial charge < -0.3 is 35.3 Å². The molecule has 1 unspecified atom stereocenters. The van der Waals surface area contributed by atoms with E-state index in [0.717, 1.165) is 5.56 Å². The summed E-state index contributed by atoms with van der Waals surface area (Å²) >= 11 is 0. The lowest BCUT2D eigenvalue weighted by Crippen LogP contribution is -2.63. The fourth-order valence-electron chi connectivity index (χ4n) is 2.71. The van der Waals surface area contributed by atoms with Gasteiger partial charge in [0.2, 0.25) is 0 Å². The maximum absolute atomic E-state index is 12.0. The molecule has 0 spiro atoms. The Morgan fingerprint density at radius 1 is 1.35 bits per heavy atom. The quantitative estimate of drug-likeness (QED) is 0.443. The van der Waals surface area contributed by atoms with Crippen LogP contribution in [-0.4, -0.2) is 71.1 Å². The van der Waals surface area contributed by atoms with E-state index in [0.29, 0.717) is 6.61 Å². The highest BCUT2D eigenvalue weighted by molar-refractivity contribution is 5.88. The van der Waals surface area contributed by atoms with E-state index in [1.165, 1.54) is 6.42 Å². The third-order valence-corrected chi connectivity index (χ3v) is 4.07. The molecule has 1 aliphatic heterocycles. The summed E-state index contributed by atoms with van der Waals surface area (Å²) in [5.41, 5.74) is 6.75. The molecule has 2 rings (SSSR count). The Morgan fingerprint density at radius 3 is 2.69 bits per heavy atom. The largest absolute Gasteiger partial charge is 0.394 e. The number of hydrogen-bond acceptors (Lipinski definition) is 8. The highest BCUT2D eigenvalue weighted by Gasteiger charge is 2.44. The maximum Gasteiger partial charge on any atom is 0.173 e. The van der Waals surface area contributed by atoms with Crippen molar-refractivity contribution in [3.63, 3.8) is 0 Å². The van der Waals surface area contributed by atoms with Crippen LogP contribution in [0.4, 0.5) is 0 Å². The van der Waals surface area contributed by atoms with Gasteiger partial charge in [0.15, 0.2) is 12.1 Å². The summed E-state index contributed by atoms with van der Waals surface area (Å²) in [5, 5.41) is 29.1. The molecule has 8 nitrogen and oxygen atoms in total. The van der Waals surface area contributed by atoms with Crippen LogP contribution >= 0.6 is 0 Å². The van der Waals surface area contributed by atoms with Crippen molar-refractivity contribution in [2.75, 3.05) is 13.2 Å². The van der Waals surface area contributed by atoms with E-state index in [1.807, 2.05) is 30.3 Å². The fraction of sp³-hybridized carbons (Fsp3) is 0.556. The lowest BCUT2D eigenvalue weighted by Gasteiger charge is -2.41. The molecule has 0 bridgehead atoms. The number of rotatable bonds is 9. The van der Waals surface area contributed by atoms with E-state index < -0.39 is 43.4 Å². The van der Waals surface area contributed by atoms with Crippen LogP contribution in [0.2, 0.25) is 0 Å². The second kappa shape index (κ2) is 10.1. The SMILES string of the molecule is CC([CH]C(=O)COCc1ccccc1)O[C@@H]1[C@@H](N)[C@@H](O)O[C@H](CO)[C@H]1O. The first-order valence-corrected chi connectivity index (χ1v) is 8.45. The van der Waals surface area contributed by atoms with Gasteiger partial charge in [-0.2, -0.15) is 0 Å². The molecule has 26 heavy (non-hydrogen) atoms. The topological polar surface area (TPSA) is 131 Å². The summed E-state index contributed by atoms with van der Waals surface area (Å²) in [6, 6.07) is 8.47. The van der Waals surface area contributed by atoms with Gasteiger partial charge in [-0.1, -0.05) is 30.3 Å². The molecule has 8 heteroatoms. The molecular formula is C18H26NO7. The predicted octanol–water partition coefficient (Wildman–Crippen LogP) is -0.852. The molecule has 0 saturated carbocycles. The van der Waals surface area contributed by atoms with Gasteiger partial charge in [-0.05, 0) is 12.5 Å². The summed E-state index contributed by atoms with van der Waals surface area (Å²) in [4.78, 5) is 12.0. The summed E-state index contributed by atoms with van der Waals surface area (Å²) in [6.07, 6.45) is -3.94. The Bertz CT molecular complexity index is 556. The first-order valence-electron chi connectivity index (χ1n) is 8.45. The van der Waals surface area contributed by atoms with E-state index in [1.54, 1.807) is 6.92 Å². The lowest BCUT2D eigenvalue weighted by atomic mass is 9.97. The van der Waals surface area contributed by atoms with Crippen LogP contribution in [0.25, 0.3) is 0 Å². The Morgan fingerprint density at radius 2 is 2.04 bits per heavy atom. The molecular weight excluding hydrogens is 342 g/mol. The summed E-state index contributed by atoms with van der Waals surface area (Å²) in [6.45, 7) is 1.34. The predicted molar refractivity (Wildman–Crippen MR) is 91.7 cm³/mol. The standard InChI is InChI=1S/C18H26NO7/c1-11(7-13(21)10-24-9-12-5-3-2-4-6-12)25-17-15(19)18(23)26-14(8-20)16(17)22/h2-7,11,14-18,20,22-23H,8-10,19H2,1H3/t11?,14-,15-,16-,17-,18+/m1/s1. The third-order valence-electron chi connectivity index (χ3n) is 4.07. The van der Waals surface area contributed by atoms with Crippen molar-refractivity contribution in [1.29, 1.82) is 0 Å². The van der Waals surface area contributed by atoms with Crippen molar-refractivity contribution in [3.05, 3.63) is 42.3 Å². The minimum absolute atomic E-state index is 0.104. The molecule has 0 amide bonds. The number of Topliss-reactive ketones (excluding diaryl/α,β-unsaturated/α-hetero) is 1. The Labute approximate surface area is 152 Å². The van der Waals surface area contributed by atoms with Crippen molar-refractivity contribution in [2.24, 2.45) is 5.73 Å². The summed E-state index contributed by atoms with van der Waals surface area (Å²) < 4.78 is 16.0. The second-order valence-electron chi connectivity index (χ2n) is 6.23. The van der Waals surface area contributed by atoms with Crippen LogP contribution in [0.1, 0.15) is 12.5 Å². The number of carbonyl (C=O) groups is 1. The molecule has 0 aromatic heterocycles. The zero-order valence-electron chi connectivity index (χ0n) is 14.6. The molecule has 1 heterocycles. The first-order chi connectivity index (χ1) is 12.4. The highest BCUT2D eigenvalue weighted by atomic mass is 16.6. The van der Waals surface area contributed by atoms with E-state index in [9.17, 15) is 20.1 Å². The number of hydrogen-bond donors (Lipinski definition) is 4. The van der Waals surface area contributed by atoms with E-state index in [4.69, 9.17) is 19.9 Å². The van der Waals surface area contributed by atoms with Crippen LogP contribution in [0.15, 0.2) is 30.3 Å². The first kappa shape index (κ1) is 20.9. The van der Waals surface area contributed by atoms with E-state index in [-0.39, 0.29) is 12.4 Å². The minimum atomic E-state index is -1.38. The Balaban J connectivity index is 1.77. The van der Waals surface area contributed by atoms with Gasteiger partial charge >= 0.3 is 0 Å². The molecule has 1 fully saturated rings. The van der Waals surface area contributed by atoms with Gasteiger partial charge in [0.1, 0.15) is 24.9 Å². The van der Waals surface area contributed by atoms with Gasteiger partial charge in [0, 0.05) is 0 Å². The van der Waals surface area contributed by atoms with Crippen LogP contribution < -0.4 is 5.73 Å². The molecule has 0 aliphatic carbocycles. The normalized spacial score (nSPS) is 30.1. The number of carbonyl (C=O) groups excluding carboxylic acids is 1. The van der Waals surface area contributed by atoms with E-state index in [2.05, 4.69) is 0 Å². The second-order valence-corrected chi connectivity index (χ2v) is 6.23. The van der Waals surface area contributed by atoms with Crippen molar-refractivity contribution < 1.29 is 34.3 Å². The van der Waals surface area contributed by atoms with Crippen LogP contribution in [0.3, 0.4) is 0 Å². The average molecular weight is 368 g/mol. The smallest absolute Gasteiger partial charge is 0.173 e. The van der Waals surface area contributed by atoms with Gasteiger partial charge in [-0.25, -0.2) is 0 Å². The van der Waals surface area contributed by atoms with Crippen molar-refractivity contribution in [2.45, 2.75) is 50.3 Å². The number of ether oxygens (including phenoxy) is 3. The van der Waals surface area contributed by atoms with Crippen LogP contribution in [0.5, 0.6) is 0 Å². The maximum atomic E-state index is 12.0. The highest BCUT2D eigenvalue weighted by Crippen LogP contribution is 2.22. The molecule has 1 aliphatic rings. The molecule has 1 aromatic rings.